The number of alkyl halides is 2. The van der Waals surface area contributed by atoms with Crippen LogP contribution in [0.3, 0.4) is 0 Å². The van der Waals surface area contributed by atoms with E-state index in [4.69, 9.17) is 4.74 Å². The molecule has 9 heteroatoms. The quantitative estimate of drug-likeness (QED) is 0.354. The average molecular weight is 510 g/mol. The number of halogens is 2. The van der Waals surface area contributed by atoms with Gasteiger partial charge in [0.05, 0.1) is 19.3 Å². The molecule has 2 heterocycles. The third-order valence-corrected chi connectivity index (χ3v) is 7.98. The highest BCUT2D eigenvalue weighted by atomic mass is 32.2. The molecule has 1 aromatic heterocycles. The molecule has 0 aliphatic carbocycles. The first kappa shape index (κ1) is 26.4. The predicted molar refractivity (Wildman–Crippen MR) is 132 cm³/mol. The van der Waals surface area contributed by atoms with Gasteiger partial charge in [0.15, 0.2) is 0 Å². The number of thiophene rings is 1. The van der Waals surface area contributed by atoms with Crippen LogP contribution in [-0.2, 0) is 22.4 Å². The fourth-order valence-electron chi connectivity index (χ4n) is 3.96. The summed E-state index contributed by atoms with van der Waals surface area (Å²) >= 11 is 2.81. The van der Waals surface area contributed by atoms with Gasteiger partial charge in [-0.05, 0) is 43.2 Å². The Balaban J connectivity index is 1.61. The summed E-state index contributed by atoms with van der Waals surface area (Å²) in [5.74, 6) is -5.00. The van der Waals surface area contributed by atoms with Gasteiger partial charge in [-0.3, -0.25) is 4.79 Å². The highest BCUT2D eigenvalue weighted by Gasteiger charge is 2.52. The lowest BCUT2D eigenvalue weighted by molar-refractivity contribution is -0.148. The number of ether oxygens (including phenoxy) is 1. The van der Waals surface area contributed by atoms with Crippen molar-refractivity contribution in [2.24, 2.45) is 0 Å². The molecule has 1 aromatic carbocycles. The highest BCUT2D eigenvalue weighted by Crippen LogP contribution is 2.34. The molecular formula is C25H29F2NO4S2. The van der Waals surface area contributed by atoms with Crippen molar-refractivity contribution in [3.8, 4) is 0 Å². The molecule has 34 heavy (non-hydrogen) atoms. The zero-order chi connectivity index (χ0) is 24.7. The van der Waals surface area contributed by atoms with E-state index in [1.54, 1.807) is 18.2 Å². The summed E-state index contributed by atoms with van der Waals surface area (Å²) < 4.78 is 33.1. The molecule has 0 unspecified atom stereocenters. The smallest absolute Gasteiger partial charge is 0.348 e. The standard InChI is InChI=1S/C25H29F2NO4S2/c1-32-23(30)21-13-11-19(34-21)9-6-14-28-18(16-25(26,27)24(28)31)10-12-20(29)22(33-2)15-17-7-4-3-5-8-17/h3-5,7-8,10-13,18,20,22,29H,6,9,14-16H2,1-2H3/b12-10+/t18-,20-,22-/m0/s1. The molecule has 3 atom stereocenters. The number of rotatable bonds is 11. The Morgan fingerprint density at radius 1 is 1.32 bits per heavy atom. The number of thioether (sulfide) groups is 1. The second-order valence-electron chi connectivity index (χ2n) is 8.17. The molecule has 1 N–H and O–H groups in total. The number of aliphatic hydroxyl groups is 1. The fraction of sp³-hybridized carbons (Fsp3) is 0.440. The molecule has 0 radical (unpaired) electrons. The Kier molecular flexibility index (Phi) is 9.27. The summed E-state index contributed by atoms with van der Waals surface area (Å²) in [6.45, 7) is 0.168. The first-order valence-electron chi connectivity index (χ1n) is 11.0. The molecule has 2 aromatic rings. The topological polar surface area (TPSA) is 66.8 Å². The van der Waals surface area contributed by atoms with Gasteiger partial charge >= 0.3 is 11.9 Å². The van der Waals surface area contributed by atoms with Gasteiger partial charge in [0.1, 0.15) is 4.88 Å². The van der Waals surface area contributed by atoms with Crippen molar-refractivity contribution in [1.82, 2.24) is 4.90 Å². The maximum Gasteiger partial charge on any atom is 0.348 e. The molecule has 3 rings (SSSR count). The van der Waals surface area contributed by atoms with Crippen molar-refractivity contribution in [2.75, 3.05) is 19.9 Å². The fourth-order valence-corrected chi connectivity index (χ4v) is 5.66. The third-order valence-electron chi connectivity index (χ3n) is 5.80. The minimum atomic E-state index is -3.41. The molecule has 0 spiro atoms. The van der Waals surface area contributed by atoms with Crippen LogP contribution in [0.25, 0.3) is 0 Å². The van der Waals surface area contributed by atoms with E-state index in [9.17, 15) is 23.5 Å². The largest absolute Gasteiger partial charge is 0.465 e. The Hall–Kier alpha value is -2.23. The molecule has 5 nitrogen and oxygen atoms in total. The molecule has 184 valence electrons. The van der Waals surface area contributed by atoms with Crippen molar-refractivity contribution in [2.45, 2.75) is 49.0 Å². The number of hydrogen-bond donors (Lipinski definition) is 1. The highest BCUT2D eigenvalue weighted by molar-refractivity contribution is 7.99. The Labute approximate surface area is 206 Å². The van der Waals surface area contributed by atoms with E-state index >= 15 is 0 Å². The van der Waals surface area contributed by atoms with Crippen LogP contribution in [0.2, 0.25) is 0 Å². The maximum absolute atomic E-state index is 14.2. The Morgan fingerprint density at radius 2 is 2.06 bits per heavy atom. The van der Waals surface area contributed by atoms with Crippen LogP contribution in [0.4, 0.5) is 8.78 Å². The van der Waals surface area contributed by atoms with Crippen molar-refractivity contribution in [1.29, 1.82) is 0 Å². The van der Waals surface area contributed by atoms with Gasteiger partial charge in [-0.1, -0.05) is 42.5 Å². The van der Waals surface area contributed by atoms with E-state index in [0.29, 0.717) is 24.1 Å². The Morgan fingerprint density at radius 3 is 2.74 bits per heavy atom. The van der Waals surface area contributed by atoms with Gasteiger partial charge in [-0.15, -0.1) is 11.3 Å². The number of aliphatic hydroxyl groups excluding tert-OH is 1. The molecule has 0 saturated carbocycles. The van der Waals surface area contributed by atoms with Crippen LogP contribution in [0.1, 0.15) is 33.0 Å². The molecule has 0 bridgehead atoms. The second kappa shape index (κ2) is 12.0. The van der Waals surface area contributed by atoms with E-state index in [-0.39, 0.29) is 11.8 Å². The summed E-state index contributed by atoms with van der Waals surface area (Å²) in [6, 6.07) is 12.5. The van der Waals surface area contributed by atoms with E-state index in [0.717, 1.165) is 10.4 Å². The first-order chi connectivity index (χ1) is 16.2. The summed E-state index contributed by atoms with van der Waals surface area (Å²) in [7, 11) is 1.31. The normalized spacial score (nSPS) is 19.5. The number of amides is 1. The van der Waals surface area contributed by atoms with Gasteiger partial charge in [0.2, 0.25) is 0 Å². The van der Waals surface area contributed by atoms with E-state index in [1.165, 1.54) is 41.2 Å². The van der Waals surface area contributed by atoms with Gasteiger partial charge in [0, 0.05) is 23.1 Å². The van der Waals surface area contributed by atoms with Crippen molar-refractivity contribution in [3.63, 3.8) is 0 Å². The molecule has 1 amide bonds. The lowest BCUT2D eigenvalue weighted by atomic mass is 10.0. The molecule has 1 aliphatic heterocycles. The van der Waals surface area contributed by atoms with Crippen LogP contribution < -0.4 is 0 Å². The maximum atomic E-state index is 14.2. The number of carbonyl (C=O) groups excluding carboxylic acids is 2. The van der Waals surface area contributed by atoms with E-state index < -0.39 is 36.4 Å². The van der Waals surface area contributed by atoms with Gasteiger partial charge in [-0.2, -0.15) is 20.5 Å². The minimum absolute atomic E-state index is 0.132. The molecule has 1 aliphatic rings. The number of carbonyl (C=O) groups is 2. The zero-order valence-corrected chi connectivity index (χ0v) is 20.8. The molecular weight excluding hydrogens is 480 g/mol. The van der Waals surface area contributed by atoms with Crippen LogP contribution in [0.15, 0.2) is 54.6 Å². The monoisotopic (exact) mass is 509 g/mol. The molecule has 1 fully saturated rings. The first-order valence-corrected chi connectivity index (χ1v) is 13.1. The van der Waals surface area contributed by atoms with Crippen molar-refractivity contribution >= 4 is 35.0 Å². The lowest BCUT2D eigenvalue weighted by Crippen LogP contribution is -2.37. The van der Waals surface area contributed by atoms with Gasteiger partial charge < -0.3 is 14.7 Å². The summed E-state index contributed by atoms with van der Waals surface area (Å²) in [6.07, 6.45) is 5.24. The second-order valence-corrected chi connectivity index (χ2v) is 10.4. The third kappa shape index (κ3) is 6.67. The van der Waals surface area contributed by atoms with E-state index in [2.05, 4.69) is 0 Å². The number of benzene rings is 1. The van der Waals surface area contributed by atoms with Crippen molar-refractivity contribution in [3.05, 3.63) is 69.9 Å². The van der Waals surface area contributed by atoms with Gasteiger partial charge in [-0.25, -0.2) is 4.79 Å². The van der Waals surface area contributed by atoms with Crippen molar-refractivity contribution < 1.29 is 28.2 Å². The number of aryl methyl sites for hydroxylation is 1. The summed E-state index contributed by atoms with van der Waals surface area (Å²) in [5, 5.41) is 10.5. The van der Waals surface area contributed by atoms with Gasteiger partial charge in [0.25, 0.3) is 5.91 Å². The number of esters is 1. The number of hydrogen-bond acceptors (Lipinski definition) is 6. The Bertz CT molecular complexity index is 996. The van der Waals surface area contributed by atoms with Crippen LogP contribution in [0.5, 0.6) is 0 Å². The van der Waals surface area contributed by atoms with E-state index in [1.807, 2.05) is 36.6 Å². The minimum Gasteiger partial charge on any atom is -0.465 e. The van der Waals surface area contributed by atoms with Crippen LogP contribution >= 0.6 is 23.1 Å². The average Bonchev–Trinajstić information content (AvgIpc) is 3.39. The summed E-state index contributed by atoms with van der Waals surface area (Å²) in [4.78, 5) is 26.5. The van der Waals surface area contributed by atoms with Crippen LogP contribution in [0, 0.1) is 0 Å². The summed E-state index contributed by atoms with van der Waals surface area (Å²) in [5.41, 5.74) is 1.09. The lowest BCUT2D eigenvalue weighted by Gasteiger charge is -2.23. The van der Waals surface area contributed by atoms with Crippen LogP contribution in [-0.4, -0.2) is 65.1 Å². The number of methoxy groups -OCH3 is 1. The predicted octanol–water partition coefficient (Wildman–Crippen LogP) is 4.59. The number of nitrogens with zero attached hydrogens (tertiary/aromatic N) is 1. The SMILES string of the molecule is COC(=O)c1ccc(CCCN2C(=O)C(F)(F)C[C@@H]2/C=C/[C@H](O)[C@H](Cc2ccccc2)SC)s1. The zero-order valence-electron chi connectivity index (χ0n) is 19.2. The number of likely N-dealkylation sites (tertiary alicyclic amines) is 1. The molecule has 1 saturated heterocycles.